The lowest BCUT2D eigenvalue weighted by molar-refractivity contribution is -0.152. The van der Waals surface area contributed by atoms with E-state index in [0.29, 0.717) is 0 Å². The molecule has 0 aromatic rings. The first-order chi connectivity index (χ1) is 10.6. The van der Waals surface area contributed by atoms with Gasteiger partial charge in [0, 0.05) is 0 Å². The number of rotatable bonds is 14. The third-order valence-corrected chi connectivity index (χ3v) is 4.12. The Balaban J connectivity index is 3.74. The maximum absolute atomic E-state index is 11.3. The van der Waals surface area contributed by atoms with Crippen LogP contribution in [0.1, 0.15) is 77.6 Å². The summed E-state index contributed by atoms with van der Waals surface area (Å²) in [6.07, 6.45) is 11.7. The number of unbranched alkanes of at least 4 members (excludes halogenated alkanes) is 8. The van der Waals surface area contributed by atoms with Gasteiger partial charge in [-0.3, -0.25) is 9.59 Å². The molecule has 0 fully saturated rings. The summed E-state index contributed by atoms with van der Waals surface area (Å²) in [7, 11) is 1.35. The minimum absolute atomic E-state index is 0.145. The number of ether oxygens (including phenoxy) is 2. The van der Waals surface area contributed by atoms with E-state index in [1.807, 2.05) is 0 Å². The maximum atomic E-state index is 11.3. The van der Waals surface area contributed by atoms with Crippen molar-refractivity contribution >= 4 is 27.9 Å². The summed E-state index contributed by atoms with van der Waals surface area (Å²) in [5.41, 5.74) is 0. The van der Waals surface area contributed by atoms with Gasteiger partial charge in [-0.25, -0.2) is 0 Å². The van der Waals surface area contributed by atoms with Crippen LogP contribution >= 0.6 is 15.9 Å². The van der Waals surface area contributed by atoms with E-state index in [2.05, 4.69) is 27.6 Å². The maximum Gasteiger partial charge on any atom is 0.316 e. The molecular weight excluding hydrogens is 348 g/mol. The molecule has 0 N–H and O–H groups in total. The van der Waals surface area contributed by atoms with Crippen molar-refractivity contribution in [3.05, 3.63) is 0 Å². The van der Waals surface area contributed by atoms with E-state index in [-0.39, 0.29) is 29.8 Å². The summed E-state index contributed by atoms with van der Waals surface area (Å²) >= 11 is 3.06. The van der Waals surface area contributed by atoms with E-state index in [1.54, 1.807) is 0 Å². The lowest BCUT2D eigenvalue weighted by Crippen LogP contribution is -2.23. The highest BCUT2D eigenvalue weighted by Gasteiger charge is 2.18. The van der Waals surface area contributed by atoms with Crippen LogP contribution < -0.4 is 0 Å². The number of hydrogen-bond donors (Lipinski definition) is 0. The van der Waals surface area contributed by atoms with Gasteiger partial charge >= 0.3 is 11.9 Å². The zero-order chi connectivity index (χ0) is 16.6. The van der Waals surface area contributed by atoms with Gasteiger partial charge in [-0.1, -0.05) is 74.2 Å². The first-order valence-corrected chi connectivity index (χ1v) is 9.58. The molecule has 130 valence electrons. The summed E-state index contributed by atoms with van der Waals surface area (Å²) in [6.45, 7) is 2.23. The summed E-state index contributed by atoms with van der Waals surface area (Å²) in [6, 6.07) is 0. The van der Waals surface area contributed by atoms with Gasteiger partial charge in [-0.2, -0.15) is 0 Å². The highest BCUT2D eigenvalue weighted by molar-refractivity contribution is 9.09. The molecule has 0 rings (SSSR count). The molecule has 22 heavy (non-hydrogen) atoms. The fourth-order valence-electron chi connectivity index (χ4n) is 2.37. The molecule has 0 radical (unpaired) electrons. The van der Waals surface area contributed by atoms with Gasteiger partial charge in [0.05, 0.1) is 13.5 Å². The molecule has 1 atom stereocenters. The molecule has 0 heterocycles. The van der Waals surface area contributed by atoms with Crippen LogP contribution in [0.5, 0.6) is 0 Å². The summed E-state index contributed by atoms with van der Waals surface area (Å²) < 4.78 is 9.90. The van der Waals surface area contributed by atoms with Gasteiger partial charge in [0.1, 0.15) is 11.4 Å². The fourth-order valence-corrected chi connectivity index (χ4v) is 2.50. The molecule has 0 aliphatic carbocycles. The van der Waals surface area contributed by atoms with Crippen LogP contribution in [0.25, 0.3) is 0 Å². The molecule has 5 heteroatoms. The van der Waals surface area contributed by atoms with Gasteiger partial charge in [0.25, 0.3) is 0 Å². The van der Waals surface area contributed by atoms with Gasteiger partial charge in [0.15, 0.2) is 0 Å². The predicted octanol–water partition coefficient (Wildman–Crippen LogP) is 4.78. The van der Waals surface area contributed by atoms with Gasteiger partial charge in [0.2, 0.25) is 0 Å². The van der Waals surface area contributed by atoms with Crippen molar-refractivity contribution in [1.82, 2.24) is 0 Å². The second-order valence-corrected chi connectivity index (χ2v) is 6.20. The predicted molar refractivity (Wildman–Crippen MR) is 92.2 cm³/mol. The molecule has 0 aromatic heterocycles. The van der Waals surface area contributed by atoms with Crippen molar-refractivity contribution in [3.63, 3.8) is 0 Å². The molecule has 0 aliphatic rings. The van der Waals surface area contributed by atoms with Crippen LogP contribution in [0.15, 0.2) is 0 Å². The van der Waals surface area contributed by atoms with E-state index >= 15 is 0 Å². The fraction of sp³-hybridized carbons (Fsp3) is 0.882. The summed E-state index contributed by atoms with van der Waals surface area (Å²) in [5, 5.41) is 0.155. The molecule has 0 spiro atoms. The first kappa shape index (κ1) is 21.4. The molecular formula is C17H31BrO4. The Morgan fingerprint density at radius 1 is 0.909 bits per heavy atom. The topological polar surface area (TPSA) is 52.6 Å². The Labute approximate surface area is 143 Å². The molecule has 4 nitrogen and oxygen atoms in total. The van der Waals surface area contributed by atoms with Crippen molar-refractivity contribution in [2.24, 2.45) is 0 Å². The Kier molecular flexibility index (Phi) is 14.9. The van der Waals surface area contributed by atoms with Gasteiger partial charge < -0.3 is 9.47 Å². The van der Waals surface area contributed by atoms with E-state index in [1.165, 1.54) is 52.1 Å². The van der Waals surface area contributed by atoms with Crippen LogP contribution in [-0.4, -0.2) is 30.5 Å². The first-order valence-electron chi connectivity index (χ1n) is 8.46. The quantitative estimate of drug-likeness (QED) is 0.248. The van der Waals surface area contributed by atoms with Crippen LogP contribution in [0.4, 0.5) is 0 Å². The third kappa shape index (κ3) is 13.1. The van der Waals surface area contributed by atoms with Crippen LogP contribution in [-0.2, 0) is 19.1 Å². The van der Waals surface area contributed by atoms with E-state index in [0.717, 1.165) is 19.3 Å². The average molecular weight is 379 g/mol. The number of carbonyl (C=O) groups excluding carboxylic acids is 2. The number of esters is 2. The second kappa shape index (κ2) is 15.3. The van der Waals surface area contributed by atoms with Crippen LogP contribution in [0.2, 0.25) is 0 Å². The number of hydrogen-bond acceptors (Lipinski definition) is 4. The van der Waals surface area contributed by atoms with Crippen LogP contribution in [0.3, 0.4) is 0 Å². The molecule has 0 saturated carbocycles. The van der Waals surface area contributed by atoms with E-state index in [4.69, 9.17) is 4.74 Å². The highest BCUT2D eigenvalue weighted by atomic mass is 79.9. The minimum atomic E-state index is -0.359. The van der Waals surface area contributed by atoms with Crippen molar-refractivity contribution in [3.8, 4) is 0 Å². The highest BCUT2D eigenvalue weighted by Crippen LogP contribution is 2.15. The summed E-state index contributed by atoms with van der Waals surface area (Å²) in [4.78, 5) is 22.7. The van der Waals surface area contributed by atoms with Crippen molar-refractivity contribution in [2.75, 3.05) is 12.4 Å². The van der Waals surface area contributed by atoms with E-state index < -0.39 is 0 Å². The Morgan fingerprint density at radius 3 is 1.95 bits per heavy atom. The minimum Gasteiger partial charge on any atom is -0.469 e. The van der Waals surface area contributed by atoms with Crippen LogP contribution in [0, 0.1) is 0 Å². The SMILES string of the molecule is CCCCCCCCCCCC(CC(=O)OC)OC(=O)CBr. The Bertz CT molecular complexity index is 276. The lowest BCUT2D eigenvalue weighted by atomic mass is 10.0. The Hall–Kier alpha value is -0.580. The monoisotopic (exact) mass is 378 g/mol. The molecule has 0 saturated heterocycles. The number of methoxy groups -OCH3 is 1. The van der Waals surface area contributed by atoms with Crippen molar-refractivity contribution < 1.29 is 19.1 Å². The smallest absolute Gasteiger partial charge is 0.316 e. The number of halogens is 1. The van der Waals surface area contributed by atoms with Gasteiger partial charge in [-0.05, 0) is 12.8 Å². The van der Waals surface area contributed by atoms with Crippen molar-refractivity contribution in [2.45, 2.75) is 83.7 Å². The average Bonchev–Trinajstić information content (AvgIpc) is 2.52. The lowest BCUT2D eigenvalue weighted by Gasteiger charge is -2.16. The summed E-state index contributed by atoms with van der Waals surface area (Å²) in [5.74, 6) is -0.659. The number of alkyl halides is 1. The zero-order valence-electron chi connectivity index (χ0n) is 14.1. The standard InChI is InChI=1S/C17H31BrO4/c1-3-4-5-6-7-8-9-10-11-12-15(13-16(19)21-2)22-17(20)14-18/h15H,3-14H2,1-2H3. The van der Waals surface area contributed by atoms with Gasteiger partial charge in [-0.15, -0.1) is 0 Å². The molecule has 0 aliphatic heterocycles. The third-order valence-electron chi connectivity index (χ3n) is 3.66. The molecule has 0 amide bonds. The van der Waals surface area contributed by atoms with E-state index in [9.17, 15) is 9.59 Å². The molecule has 0 aromatic carbocycles. The largest absolute Gasteiger partial charge is 0.469 e. The molecule has 0 bridgehead atoms. The normalized spacial score (nSPS) is 12.0. The number of carbonyl (C=O) groups is 2. The Morgan fingerprint density at radius 2 is 1.45 bits per heavy atom. The second-order valence-electron chi connectivity index (χ2n) is 5.64. The van der Waals surface area contributed by atoms with Crippen molar-refractivity contribution in [1.29, 1.82) is 0 Å². The zero-order valence-corrected chi connectivity index (χ0v) is 15.7. The molecule has 1 unspecified atom stereocenters.